The maximum absolute atomic E-state index is 11.9. The minimum Gasteiger partial charge on any atom is -0.345 e. The van der Waals surface area contributed by atoms with Crippen molar-refractivity contribution in [2.24, 2.45) is 11.7 Å². The number of imidazole rings is 1. The zero-order valence-corrected chi connectivity index (χ0v) is 16.2. The first-order valence-corrected chi connectivity index (χ1v) is 10.6. The van der Waals surface area contributed by atoms with Gasteiger partial charge in [0.1, 0.15) is 6.17 Å². The van der Waals surface area contributed by atoms with Crippen molar-refractivity contribution in [1.29, 1.82) is 0 Å². The molecule has 1 aliphatic heterocycles. The van der Waals surface area contributed by atoms with Crippen LogP contribution in [0.15, 0.2) is 24.7 Å². The minimum atomic E-state index is -4.11. The van der Waals surface area contributed by atoms with E-state index < -0.39 is 16.5 Å². The number of H-pyrrole nitrogens is 1. The van der Waals surface area contributed by atoms with Gasteiger partial charge in [0, 0.05) is 43.1 Å². The molecule has 4 heterocycles. The van der Waals surface area contributed by atoms with Gasteiger partial charge < -0.3 is 10.7 Å². The molecule has 3 aromatic heterocycles. The van der Waals surface area contributed by atoms with E-state index in [1.54, 1.807) is 0 Å². The molecule has 0 aromatic carbocycles. The molecule has 1 saturated heterocycles. The summed E-state index contributed by atoms with van der Waals surface area (Å²) in [5.41, 5.74) is 10.3. The molecule has 2 fully saturated rings. The second kappa shape index (κ2) is 7.07. The topological polar surface area (TPSA) is 130 Å². The summed E-state index contributed by atoms with van der Waals surface area (Å²) >= 11 is 0. The summed E-state index contributed by atoms with van der Waals surface area (Å²) < 4.78 is 43.1. The third kappa shape index (κ3) is 3.50. The summed E-state index contributed by atoms with van der Waals surface area (Å²) in [6.45, 7) is 1.87. The molecular weight excluding hydrogens is 387 g/mol. The van der Waals surface area contributed by atoms with Crippen LogP contribution in [0.4, 0.5) is 4.39 Å². The molecule has 5 rings (SSSR count). The average Bonchev–Trinajstić information content (AvgIpc) is 3.28. The van der Waals surface area contributed by atoms with E-state index in [1.807, 2.05) is 18.6 Å². The Morgan fingerprint density at radius 2 is 2.04 bits per heavy atom. The molecule has 2 aliphatic rings. The van der Waals surface area contributed by atoms with Gasteiger partial charge >= 0.3 is 10.3 Å². The standard InChI is InChI=1S/C14H17N5.C3H6FNO3S/c1-8-4-9(15)5-10(8)12-6-17-13-7-18-14-11(19(12)13)2-3-16-14;4-3-1-5(2-3)9(6,7)8/h2-3,6-10,16H,4-5,15H2,1H3;3H,1-2H2,(H,6,7,8)/t8-,9+,10+;/m1./s1. The van der Waals surface area contributed by atoms with Crippen LogP contribution in [0.1, 0.15) is 31.4 Å². The van der Waals surface area contributed by atoms with Crippen molar-refractivity contribution in [3.05, 3.63) is 30.4 Å². The van der Waals surface area contributed by atoms with Crippen molar-refractivity contribution >= 4 is 27.1 Å². The molecule has 3 atom stereocenters. The lowest BCUT2D eigenvalue weighted by molar-refractivity contribution is 0.131. The number of hydrogen-bond acceptors (Lipinski definition) is 5. The van der Waals surface area contributed by atoms with E-state index in [4.69, 9.17) is 10.3 Å². The van der Waals surface area contributed by atoms with Crippen LogP contribution in [-0.2, 0) is 10.3 Å². The number of aromatic nitrogens is 4. The second-order valence-electron chi connectivity index (χ2n) is 7.55. The zero-order valence-electron chi connectivity index (χ0n) is 15.4. The maximum atomic E-state index is 11.9. The number of hydrogen-bond donors (Lipinski definition) is 3. The van der Waals surface area contributed by atoms with E-state index in [9.17, 15) is 12.8 Å². The zero-order chi connectivity index (χ0) is 20.1. The van der Waals surface area contributed by atoms with E-state index >= 15 is 0 Å². The van der Waals surface area contributed by atoms with Gasteiger partial charge in [0.05, 0.1) is 11.7 Å². The lowest BCUT2D eigenvalue weighted by atomic mass is 9.95. The molecule has 0 bridgehead atoms. The number of halogens is 1. The summed E-state index contributed by atoms with van der Waals surface area (Å²) in [6.07, 6.45) is 6.77. The maximum Gasteiger partial charge on any atom is 0.336 e. The fraction of sp³-hybridized carbons (Fsp3) is 0.529. The van der Waals surface area contributed by atoms with E-state index in [-0.39, 0.29) is 13.1 Å². The van der Waals surface area contributed by atoms with Gasteiger partial charge in [-0.3, -0.25) is 8.95 Å². The number of nitrogens with one attached hydrogen (secondary N) is 1. The van der Waals surface area contributed by atoms with Crippen molar-refractivity contribution in [3.8, 4) is 0 Å². The van der Waals surface area contributed by atoms with Crippen molar-refractivity contribution in [2.45, 2.75) is 37.9 Å². The molecular formula is C17H23FN6O3S. The van der Waals surface area contributed by atoms with Crippen molar-refractivity contribution < 1.29 is 17.4 Å². The number of aromatic amines is 1. The summed E-state index contributed by atoms with van der Waals surface area (Å²) in [6, 6.07) is 2.37. The van der Waals surface area contributed by atoms with Gasteiger partial charge in [-0.05, 0) is 24.8 Å². The Morgan fingerprint density at radius 3 is 2.61 bits per heavy atom. The normalized spacial score (nSPS) is 26.4. The lowest BCUT2D eigenvalue weighted by Crippen LogP contribution is -2.51. The largest absolute Gasteiger partial charge is 0.345 e. The van der Waals surface area contributed by atoms with Gasteiger partial charge in [-0.25, -0.2) is 14.4 Å². The first-order chi connectivity index (χ1) is 13.2. The molecule has 0 spiro atoms. The minimum absolute atomic E-state index is 0.209. The lowest BCUT2D eigenvalue weighted by Gasteiger charge is -2.30. The van der Waals surface area contributed by atoms with Crippen LogP contribution >= 0.6 is 0 Å². The van der Waals surface area contributed by atoms with Crippen LogP contribution in [0.2, 0.25) is 0 Å². The fourth-order valence-electron chi connectivity index (χ4n) is 4.04. The first-order valence-electron chi connectivity index (χ1n) is 9.15. The SMILES string of the molecule is C[C@@H]1C[C@H](N)C[C@@H]1c1cnc2cnc3[nH]ccc3n12.O=S(=O)(O)N1CC(F)C1. The highest BCUT2D eigenvalue weighted by Gasteiger charge is 2.34. The second-order valence-corrected chi connectivity index (χ2v) is 8.97. The van der Waals surface area contributed by atoms with Gasteiger partial charge in [0.15, 0.2) is 11.3 Å². The van der Waals surface area contributed by atoms with Crippen LogP contribution in [-0.4, -0.2) is 61.9 Å². The molecule has 0 unspecified atom stereocenters. The molecule has 9 nitrogen and oxygen atoms in total. The molecule has 28 heavy (non-hydrogen) atoms. The molecule has 152 valence electrons. The number of fused-ring (bicyclic) bond motifs is 3. The Bertz CT molecular complexity index is 1090. The fourth-order valence-corrected chi connectivity index (χ4v) is 4.74. The highest BCUT2D eigenvalue weighted by Crippen LogP contribution is 2.39. The van der Waals surface area contributed by atoms with E-state index in [0.717, 1.165) is 29.7 Å². The number of rotatable bonds is 2. The summed E-state index contributed by atoms with van der Waals surface area (Å²) in [5, 5.41) is 0. The van der Waals surface area contributed by atoms with Crippen LogP contribution in [0.25, 0.3) is 16.8 Å². The summed E-state index contributed by atoms with van der Waals surface area (Å²) in [5.74, 6) is 1.10. The smallest absolute Gasteiger partial charge is 0.336 e. The van der Waals surface area contributed by atoms with Crippen molar-refractivity contribution in [2.75, 3.05) is 13.1 Å². The molecule has 0 radical (unpaired) electrons. The molecule has 4 N–H and O–H groups in total. The van der Waals surface area contributed by atoms with E-state index in [2.05, 4.69) is 32.3 Å². The third-order valence-electron chi connectivity index (χ3n) is 5.50. The molecule has 11 heteroatoms. The van der Waals surface area contributed by atoms with Gasteiger partial charge in [-0.1, -0.05) is 6.92 Å². The van der Waals surface area contributed by atoms with Gasteiger partial charge in [-0.15, -0.1) is 0 Å². The Hall–Kier alpha value is -2.08. The summed E-state index contributed by atoms with van der Waals surface area (Å²) in [7, 11) is -4.11. The first kappa shape index (κ1) is 19.2. The van der Waals surface area contributed by atoms with E-state index in [0.29, 0.717) is 22.2 Å². The van der Waals surface area contributed by atoms with Crippen molar-refractivity contribution in [1.82, 2.24) is 23.7 Å². The quantitative estimate of drug-likeness (QED) is 0.549. The van der Waals surface area contributed by atoms with Crippen LogP contribution in [0.5, 0.6) is 0 Å². The number of nitrogens with zero attached hydrogens (tertiary/aromatic N) is 4. The Labute approximate surface area is 161 Å². The van der Waals surface area contributed by atoms with Gasteiger partial charge in [0.2, 0.25) is 0 Å². The van der Waals surface area contributed by atoms with Crippen LogP contribution < -0.4 is 5.73 Å². The average molecular weight is 410 g/mol. The highest BCUT2D eigenvalue weighted by molar-refractivity contribution is 7.83. The van der Waals surface area contributed by atoms with Crippen LogP contribution in [0.3, 0.4) is 0 Å². The Morgan fingerprint density at radius 1 is 1.29 bits per heavy atom. The Kier molecular flexibility index (Phi) is 4.86. The third-order valence-corrected chi connectivity index (χ3v) is 6.45. The summed E-state index contributed by atoms with van der Waals surface area (Å²) in [4.78, 5) is 12.0. The molecule has 1 saturated carbocycles. The van der Waals surface area contributed by atoms with Crippen molar-refractivity contribution in [3.63, 3.8) is 0 Å². The molecule has 3 aromatic rings. The van der Waals surface area contributed by atoms with Crippen LogP contribution in [0, 0.1) is 5.92 Å². The Balaban J connectivity index is 0.000000181. The predicted molar refractivity (Wildman–Crippen MR) is 102 cm³/mol. The predicted octanol–water partition coefficient (Wildman–Crippen LogP) is 1.49. The number of alkyl halides is 1. The highest BCUT2D eigenvalue weighted by atomic mass is 32.2. The number of nitrogens with two attached hydrogens (primary N) is 1. The van der Waals surface area contributed by atoms with Gasteiger partial charge in [-0.2, -0.15) is 12.7 Å². The monoisotopic (exact) mass is 410 g/mol. The molecule has 0 amide bonds. The van der Waals surface area contributed by atoms with Gasteiger partial charge in [0.25, 0.3) is 0 Å². The van der Waals surface area contributed by atoms with E-state index in [1.165, 1.54) is 5.69 Å². The molecule has 1 aliphatic carbocycles.